The maximum absolute atomic E-state index is 12.5. The van der Waals surface area contributed by atoms with Crippen LogP contribution < -0.4 is 10.6 Å². The van der Waals surface area contributed by atoms with Crippen LogP contribution in [0.3, 0.4) is 0 Å². The SMILES string of the molecule is CC(=O)C(Cc1ccccc1)NC(=O)NCc1ccc(C2OC(CSCCO)CC(c3ccc(CO)cc3)O2)cc1. The average molecular weight is 579 g/mol. The van der Waals surface area contributed by atoms with Gasteiger partial charge in [0.2, 0.25) is 0 Å². The third-order valence-corrected chi connectivity index (χ3v) is 8.02. The highest BCUT2D eigenvalue weighted by atomic mass is 32.2. The molecular formula is C32H38N2O6S. The van der Waals surface area contributed by atoms with Gasteiger partial charge in [0.1, 0.15) is 0 Å². The van der Waals surface area contributed by atoms with Gasteiger partial charge in [-0.15, -0.1) is 0 Å². The fourth-order valence-electron chi connectivity index (χ4n) is 4.63. The lowest BCUT2D eigenvalue weighted by molar-refractivity contribution is -0.245. The first-order valence-electron chi connectivity index (χ1n) is 13.8. The molecule has 1 fully saturated rings. The average Bonchev–Trinajstić information content (AvgIpc) is 3.00. The molecule has 0 aliphatic carbocycles. The van der Waals surface area contributed by atoms with Crippen molar-refractivity contribution in [1.29, 1.82) is 0 Å². The predicted molar refractivity (Wildman–Crippen MR) is 159 cm³/mol. The summed E-state index contributed by atoms with van der Waals surface area (Å²) in [7, 11) is 0. The van der Waals surface area contributed by atoms with E-state index in [0.717, 1.165) is 33.6 Å². The van der Waals surface area contributed by atoms with E-state index < -0.39 is 18.4 Å². The van der Waals surface area contributed by atoms with E-state index in [-0.39, 0.29) is 31.2 Å². The number of thioether (sulfide) groups is 1. The molecule has 0 radical (unpaired) electrons. The molecule has 4 N–H and O–H groups in total. The Bertz CT molecular complexity index is 1240. The molecule has 9 heteroatoms. The number of benzene rings is 3. The predicted octanol–water partition coefficient (Wildman–Crippen LogP) is 4.45. The van der Waals surface area contributed by atoms with Crippen LogP contribution in [0.1, 0.15) is 53.6 Å². The van der Waals surface area contributed by atoms with Gasteiger partial charge in [0.15, 0.2) is 12.1 Å². The zero-order chi connectivity index (χ0) is 29.0. The van der Waals surface area contributed by atoms with Crippen LogP contribution in [-0.2, 0) is 33.8 Å². The highest BCUT2D eigenvalue weighted by molar-refractivity contribution is 7.99. The van der Waals surface area contributed by atoms with E-state index in [4.69, 9.17) is 9.47 Å². The molecule has 3 aromatic rings. The van der Waals surface area contributed by atoms with Crippen molar-refractivity contribution < 1.29 is 29.3 Å². The number of carbonyl (C=O) groups is 2. The molecule has 4 rings (SSSR count). The van der Waals surface area contributed by atoms with Crippen LogP contribution in [0.5, 0.6) is 0 Å². The molecule has 0 saturated carbocycles. The lowest BCUT2D eigenvalue weighted by Crippen LogP contribution is -2.46. The molecule has 4 atom stereocenters. The molecule has 0 bridgehead atoms. The molecule has 8 nitrogen and oxygen atoms in total. The van der Waals surface area contributed by atoms with Gasteiger partial charge >= 0.3 is 6.03 Å². The van der Waals surface area contributed by atoms with Gasteiger partial charge in [0, 0.05) is 30.0 Å². The summed E-state index contributed by atoms with van der Waals surface area (Å²) in [4.78, 5) is 24.6. The minimum Gasteiger partial charge on any atom is -0.396 e. The van der Waals surface area contributed by atoms with Crippen LogP contribution in [0.2, 0.25) is 0 Å². The minimum atomic E-state index is -0.600. The number of rotatable bonds is 13. The molecule has 1 aliphatic rings. The second-order valence-corrected chi connectivity index (χ2v) is 11.2. The number of amides is 2. The van der Waals surface area contributed by atoms with E-state index in [1.54, 1.807) is 11.8 Å². The Hall–Kier alpha value is -3.21. The third-order valence-electron chi connectivity index (χ3n) is 6.94. The Morgan fingerprint density at radius 1 is 0.902 bits per heavy atom. The lowest BCUT2D eigenvalue weighted by atomic mass is 10.0. The summed E-state index contributed by atoms with van der Waals surface area (Å²) >= 11 is 1.65. The zero-order valence-corrected chi connectivity index (χ0v) is 24.0. The quantitative estimate of drug-likeness (QED) is 0.222. The van der Waals surface area contributed by atoms with Crippen molar-refractivity contribution in [1.82, 2.24) is 10.6 Å². The normalized spacial score (nSPS) is 19.3. The van der Waals surface area contributed by atoms with Crippen molar-refractivity contribution in [2.45, 2.75) is 57.5 Å². The topological polar surface area (TPSA) is 117 Å². The first-order valence-corrected chi connectivity index (χ1v) is 15.0. The number of Topliss-reactive ketones (excluding diaryl/α,β-unsaturated/α-hetero) is 1. The number of ether oxygens (including phenoxy) is 2. The molecule has 41 heavy (non-hydrogen) atoms. The largest absolute Gasteiger partial charge is 0.396 e. The van der Waals surface area contributed by atoms with Gasteiger partial charge in [-0.2, -0.15) is 11.8 Å². The van der Waals surface area contributed by atoms with E-state index in [1.807, 2.05) is 78.9 Å². The number of nitrogens with one attached hydrogen (secondary N) is 2. The van der Waals surface area contributed by atoms with Gasteiger partial charge in [-0.25, -0.2) is 4.79 Å². The van der Waals surface area contributed by atoms with Crippen LogP contribution in [-0.4, -0.2) is 52.3 Å². The lowest BCUT2D eigenvalue weighted by Gasteiger charge is -2.36. The van der Waals surface area contributed by atoms with E-state index in [1.165, 1.54) is 6.92 Å². The van der Waals surface area contributed by atoms with E-state index in [2.05, 4.69) is 10.6 Å². The summed E-state index contributed by atoms with van der Waals surface area (Å²) < 4.78 is 12.7. The van der Waals surface area contributed by atoms with Crippen molar-refractivity contribution in [2.24, 2.45) is 0 Å². The molecular weight excluding hydrogens is 540 g/mol. The van der Waals surface area contributed by atoms with Gasteiger partial charge in [0.25, 0.3) is 0 Å². The summed E-state index contributed by atoms with van der Waals surface area (Å²) in [5.41, 5.74) is 4.61. The molecule has 0 aromatic heterocycles. The van der Waals surface area contributed by atoms with Crippen molar-refractivity contribution >= 4 is 23.6 Å². The molecule has 4 unspecified atom stereocenters. The number of ketones is 1. The summed E-state index contributed by atoms with van der Waals surface area (Å²) in [6.45, 7) is 1.90. The Morgan fingerprint density at radius 3 is 2.24 bits per heavy atom. The maximum Gasteiger partial charge on any atom is 0.315 e. The van der Waals surface area contributed by atoms with Crippen LogP contribution in [0, 0.1) is 0 Å². The fraction of sp³-hybridized carbons (Fsp3) is 0.375. The first kappa shape index (κ1) is 30.7. The number of hydrogen-bond donors (Lipinski definition) is 4. The van der Waals surface area contributed by atoms with Crippen molar-refractivity contribution in [3.8, 4) is 0 Å². The standard InChI is InChI=1S/C32H38N2O6S/c1-22(37)29(17-23-5-3-2-4-6-23)34-32(38)33-19-24-7-13-27(14-8-24)31-39-28(21-41-16-15-35)18-30(40-31)26-11-9-25(20-36)10-12-26/h2-14,28-31,35-36H,15-21H2,1H3,(H2,33,34,38). The van der Waals surface area contributed by atoms with E-state index in [9.17, 15) is 19.8 Å². The molecule has 1 heterocycles. The van der Waals surface area contributed by atoms with Gasteiger partial charge in [0.05, 0.1) is 31.5 Å². The van der Waals surface area contributed by atoms with Gasteiger partial charge in [-0.05, 0) is 35.6 Å². The molecule has 0 spiro atoms. The first-order chi connectivity index (χ1) is 19.9. The molecule has 1 aliphatic heterocycles. The van der Waals surface area contributed by atoms with Crippen LogP contribution in [0.4, 0.5) is 4.79 Å². The van der Waals surface area contributed by atoms with Crippen molar-refractivity contribution in [2.75, 3.05) is 18.1 Å². The Kier molecular flexibility index (Phi) is 11.8. The Balaban J connectivity index is 1.35. The van der Waals surface area contributed by atoms with E-state index in [0.29, 0.717) is 25.1 Å². The minimum absolute atomic E-state index is 0.00811. The second-order valence-electron chi connectivity index (χ2n) is 10.1. The summed E-state index contributed by atoms with van der Waals surface area (Å²) in [5.74, 6) is 1.29. The Labute approximate surface area is 245 Å². The number of aliphatic hydroxyl groups excluding tert-OH is 2. The summed E-state index contributed by atoms with van der Waals surface area (Å²) in [6.07, 6.45) is 0.340. The zero-order valence-electron chi connectivity index (χ0n) is 23.2. The van der Waals surface area contributed by atoms with Crippen LogP contribution >= 0.6 is 11.8 Å². The fourth-order valence-corrected chi connectivity index (χ4v) is 5.41. The number of hydrogen-bond acceptors (Lipinski definition) is 7. The van der Waals surface area contributed by atoms with Gasteiger partial charge < -0.3 is 30.3 Å². The maximum atomic E-state index is 12.5. The van der Waals surface area contributed by atoms with Gasteiger partial charge in [-0.3, -0.25) is 4.79 Å². The molecule has 218 valence electrons. The molecule has 2 amide bonds. The molecule has 3 aromatic carbocycles. The highest BCUT2D eigenvalue weighted by Crippen LogP contribution is 2.38. The Morgan fingerprint density at radius 2 is 1.59 bits per heavy atom. The third kappa shape index (κ3) is 9.41. The summed E-state index contributed by atoms with van der Waals surface area (Å²) in [6, 6.07) is 24.1. The van der Waals surface area contributed by atoms with Crippen LogP contribution in [0.25, 0.3) is 0 Å². The second kappa shape index (κ2) is 15.7. The van der Waals surface area contributed by atoms with Crippen molar-refractivity contribution in [3.63, 3.8) is 0 Å². The van der Waals surface area contributed by atoms with Crippen molar-refractivity contribution in [3.05, 3.63) is 107 Å². The smallest absolute Gasteiger partial charge is 0.315 e. The number of carbonyl (C=O) groups excluding carboxylic acids is 2. The number of aliphatic hydroxyl groups is 2. The van der Waals surface area contributed by atoms with Gasteiger partial charge in [-0.1, -0.05) is 78.9 Å². The monoisotopic (exact) mass is 578 g/mol. The number of urea groups is 1. The van der Waals surface area contributed by atoms with Crippen LogP contribution in [0.15, 0.2) is 78.9 Å². The summed E-state index contributed by atoms with van der Waals surface area (Å²) in [5, 5.41) is 24.2. The van der Waals surface area contributed by atoms with E-state index >= 15 is 0 Å². The highest BCUT2D eigenvalue weighted by Gasteiger charge is 2.32. The molecule has 1 saturated heterocycles.